The van der Waals surface area contributed by atoms with Gasteiger partial charge in [-0.15, -0.1) is 0 Å². The summed E-state index contributed by atoms with van der Waals surface area (Å²) in [5, 5.41) is 11.6. The van der Waals surface area contributed by atoms with Crippen LogP contribution in [-0.2, 0) is 19.1 Å². The summed E-state index contributed by atoms with van der Waals surface area (Å²) >= 11 is 0. The first kappa shape index (κ1) is 18.9. The molecule has 1 atom stereocenters. The summed E-state index contributed by atoms with van der Waals surface area (Å²) in [6.07, 6.45) is 1.14. The molecule has 6 heteroatoms. The lowest BCUT2D eigenvalue weighted by atomic mass is 10.1. The predicted molar refractivity (Wildman–Crippen MR) is 75.6 cm³/mol. The van der Waals surface area contributed by atoms with Crippen LogP contribution >= 0.6 is 0 Å². The first-order valence-electron chi connectivity index (χ1n) is 6.90. The van der Waals surface area contributed by atoms with Crippen LogP contribution < -0.4 is 5.32 Å². The van der Waals surface area contributed by atoms with Crippen molar-refractivity contribution in [1.82, 2.24) is 5.32 Å². The van der Waals surface area contributed by atoms with Gasteiger partial charge in [0.1, 0.15) is 18.2 Å². The number of carboxylic acids is 1. The van der Waals surface area contributed by atoms with E-state index >= 15 is 0 Å². The number of aliphatic carboxylic acids is 1. The average Bonchev–Trinajstić information content (AvgIpc) is 2.23. The Morgan fingerprint density at radius 1 is 1.25 bits per heavy atom. The van der Waals surface area contributed by atoms with E-state index in [9.17, 15) is 9.59 Å². The van der Waals surface area contributed by atoms with E-state index < -0.39 is 17.6 Å². The molecule has 0 fully saturated rings. The number of esters is 1. The molecule has 0 spiro atoms. The Morgan fingerprint density at radius 2 is 1.85 bits per heavy atom. The molecule has 1 unspecified atom stereocenters. The van der Waals surface area contributed by atoms with Crippen LogP contribution in [0.25, 0.3) is 0 Å². The molecule has 2 N–H and O–H groups in total. The fraction of sp³-hybridized carbons (Fsp3) is 0.857. The number of carboxylic acid groups (broad SMARTS) is 1. The molecule has 0 aromatic rings. The fourth-order valence-corrected chi connectivity index (χ4v) is 1.59. The van der Waals surface area contributed by atoms with Crippen LogP contribution in [0.1, 0.15) is 47.5 Å². The van der Waals surface area contributed by atoms with Gasteiger partial charge in [0.15, 0.2) is 0 Å². The summed E-state index contributed by atoms with van der Waals surface area (Å²) in [5.41, 5.74) is -0.520. The molecule has 0 aliphatic rings. The Labute approximate surface area is 120 Å². The summed E-state index contributed by atoms with van der Waals surface area (Å²) in [7, 11) is 0. The molecular weight excluding hydrogens is 262 g/mol. The molecule has 118 valence electrons. The van der Waals surface area contributed by atoms with Crippen LogP contribution in [0.5, 0.6) is 0 Å². The van der Waals surface area contributed by atoms with Crippen LogP contribution in [0.2, 0.25) is 0 Å². The third kappa shape index (κ3) is 10.8. The second-order valence-electron chi connectivity index (χ2n) is 6.00. The van der Waals surface area contributed by atoms with Crippen molar-refractivity contribution < 1.29 is 24.2 Å². The van der Waals surface area contributed by atoms with E-state index in [2.05, 4.69) is 5.32 Å². The van der Waals surface area contributed by atoms with Crippen LogP contribution in [0.4, 0.5) is 0 Å². The number of carbonyl (C=O) groups excluding carboxylic acids is 1. The number of hydrogen-bond acceptors (Lipinski definition) is 5. The van der Waals surface area contributed by atoms with E-state index in [0.717, 1.165) is 0 Å². The fourth-order valence-electron chi connectivity index (χ4n) is 1.59. The smallest absolute Gasteiger partial charge is 0.329 e. The van der Waals surface area contributed by atoms with Gasteiger partial charge in [0.2, 0.25) is 0 Å². The highest BCUT2D eigenvalue weighted by Gasteiger charge is 2.25. The van der Waals surface area contributed by atoms with Gasteiger partial charge in [0.05, 0.1) is 0 Å². The van der Waals surface area contributed by atoms with Crippen molar-refractivity contribution in [2.45, 2.75) is 65.1 Å². The molecule has 0 aliphatic heterocycles. The Kier molecular flexibility index (Phi) is 8.41. The minimum atomic E-state index is -0.992. The van der Waals surface area contributed by atoms with Crippen LogP contribution in [0.15, 0.2) is 0 Å². The standard InChI is InChI=1S/C14H27NO5/c1-10(2)15-11(13(18)20-14(3,4)5)7-6-8-19-9-12(16)17/h10-11,15H,6-9H2,1-5H3,(H,16,17). The van der Waals surface area contributed by atoms with E-state index in [1.807, 2.05) is 34.6 Å². The van der Waals surface area contributed by atoms with Gasteiger partial charge in [-0.25, -0.2) is 4.79 Å². The summed E-state index contributed by atoms with van der Waals surface area (Å²) in [6.45, 7) is 9.39. The highest BCUT2D eigenvalue weighted by Crippen LogP contribution is 2.11. The summed E-state index contributed by atoms with van der Waals surface area (Å²) < 4.78 is 10.3. The first-order chi connectivity index (χ1) is 9.11. The van der Waals surface area contributed by atoms with Gasteiger partial charge in [-0.05, 0) is 33.6 Å². The molecule has 6 nitrogen and oxygen atoms in total. The lowest BCUT2D eigenvalue weighted by molar-refractivity contribution is -0.158. The molecular formula is C14H27NO5. The largest absolute Gasteiger partial charge is 0.480 e. The molecule has 0 aliphatic carbocycles. The van der Waals surface area contributed by atoms with Gasteiger partial charge in [0, 0.05) is 12.6 Å². The van der Waals surface area contributed by atoms with E-state index in [1.54, 1.807) is 0 Å². The maximum Gasteiger partial charge on any atom is 0.329 e. The van der Waals surface area contributed by atoms with Crippen LogP contribution in [-0.4, -0.2) is 47.9 Å². The zero-order valence-corrected chi connectivity index (χ0v) is 13.1. The second kappa shape index (κ2) is 8.92. The SMILES string of the molecule is CC(C)NC(CCCOCC(=O)O)C(=O)OC(C)(C)C. The minimum absolute atomic E-state index is 0.160. The quantitative estimate of drug-likeness (QED) is 0.495. The van der Waals surface area contributed by atoms with Gasteiger partial charge >= 0.3 is 11.9 Å². The van der Waals surface area contributed by atoms with E-state index in [-0.39, 0.29) is 18.6 Å². The van der Waals surface area contributed by atoms with Gasteiger partial charge in [-0.2, -0.15) is 0 Å². The highest BCUT2D eigenvalue weighted by atomic mass is 16.6. The third-order valence-corrected chi connectivity index (χ3v) is 2.23. The number of rotatable bonds is 9. The summed E-state index contributed by atoms with van der Waals surface area (Å²) in [5.74, 6) is -1.28. The van der Waals surface area contributed by atoms with Gasteiger partial charge < -0.3 is 19.9 Å². The molecule has 0 heterocycles. The Hall–Kier alpha value is -1.14. The molecule has 0 aromatic heterocycles. The maximum absolute atomic E-state index is 12.0. The van der Waals surface area contributed by atoms with Crippen molar-refractivity contribution in [2.75, 3.05) is 13.2 Å². The molecule has 0 bridgehead atoms. The third-order valence-electron chi connectivity index (χ3n) is 2.23. The zero-order valence-electron chi connectivity index (χ0n) is 13.1. The molecule has 0 amide bonds. The topological polar surface area (TPSA) is 84.9 Å². The number of carbonyl (C=O) groups is 2. The van der Waals surface area contributed by atoms with Crippen molar-refractivity contribution in [3.63, 3.8) is 0 Å². The molecule has 0 saturated heterocycles. The lowest BCUT2D eigenvalue weighted by Gasteiger charge is -2.25. The van der Waals surface area contributed by atoms with E-state index in [0.29, 0.717) is 19.4 Å². The molecule has 0 rings (SSSR count). The van der Waals surface area contributed by atoms with Crippen LogP contribution in [0, 0.1) is 0 Å². The second-order valence-corrected chi connectivity index (χ2v) is 6.00. The monoisotopic (exact) mass is 289 g/mol. The van der Waals surface area contributed by atoms with Crippen molar-refractivity contribution in [1.29, 1.82) is 0 Å². The molecule has 0 saturated carbocycles. The summed E-state index contributed by atoms with van der Waals surface area (Å²) in [6, 6.07) is -0.241. The van der Waals surface area contributed by atoms with Crippen molar-refractivity contribution in [2.24, 2.45) is 0 Å². The number of nitrogens with one attached hydrogen (secondary N) is 1. The van der Waals surface area contributed by atoms with Gasteiger partial charge in [-0.1, -0.05) is 13.8 Å². The Bertz CT molecular complexity index is 309. The van der Waals surface area contributed by atoms with Crippen LogP contribution in [0.3, 0.4) is 0 Å². The maximum atomic E-state index is 12.0. The van der Waals surface area contributed by atoms with Crippen molar-refractivity contribution >= 4 is 11.9 Å². The number of ether oxygens (including phenoxy) is 2. The number of hydrogen-bond donors (Lipinski definition) is 2. The van der Waals surface area contributed by atoms with Crippen molar-refractivity contribution in [3.8, 4) is 0 Å². The normalized spacial score (nSPS) is 13.3. The molecule has 20 heavy (non-hydrogen) atoms. The lowest BCUT2D eigenvalue weighted by Crippen LogP contribution is -2.44. The van der Waals surface area contributed by atoms with E-state index in [1.165, 1.54) is 0 Å². The van der Waals surface area contributed by atoms with E-state index in [4.69, 9.17) is 14.6 Å². The Balaban J connectivity index is 4.21. The zero-order chi connectivity index (χ0) is 15.8. The summed E-state index contributed by atoms with van der Waals surface area (Å²) in [4.78, 5) is 22.3. The Morgan fingerprint density at radius 3 is 2.30 bits per heavy atom. The predicted octanol–water partition coefficient (Wildman–Crippen LogP) is 1.58. The average molecular weight is 289 g/mol. The molecule has 0 radical (unpaired) electrons. The highest BCUT2D eigenvalue weighted by molar-refractivity contribution is 5.76. The molecule has 0 aromatic carbocycles. The van der Waals surface area contributed by atoms with Crippen molar-refractivity contribution in [3.05, 3.63) is 0 Å². The van der Waals surface area contributed by atoms with Gasteiger partial charge in [0.25, 0.3) is 0 Å². The first-order valence-corrected chi connectivity index (χ1v) is 6.90. The minimum Gasteiger partial charge on any atom is -0.480 e. The van der Waals surface area contributed by atoms with Gasteiger partial charge in [-0.3, -0.25) is 4.79 Å².